The van der Waals surface area contributed by atoms with Crippen LogP contribution in [-0.2, 0) is 4.79 Å². The fraction of sp³-hybridized carbons (Fsp3) is 0.308. The van der Waals surface area contributed by atoms with E-state index in [-0.39, 0.29) is 38.1 Å². The summed E-state index contributed by atoms with van der Waals surface area (Å²) >= 11 is 0. The van der Waals surface area contributed by atoms with Crippen LogP contribution in [0.15, 0.2) is 18.2 Å². The number of nitriles is 1. The fourth-order valence-electron chi connectivity index (χ4n) is 1.65. The maximum Gasteiger partial charge on any atom is 0.251 e. The molecule has 7 nitrogen and oxygen atoms in total. The van der Waals surface area contributed by atoms with Gasteiger partial charge in [0.15, 0.2) is 11.5 Å². The van der Waals surface area contributed by atoms with Crippen LogP contribution in [0, 0.1) is 11.3 Å². The molecule has 0 bridgehead atoms. The van der Waals surface area contributed by atoms with E-state index in [1.165, 1.54) is 0 Å². The molecule has 1 aromatic carbocycles. The molecular formula is C13H13N3O4. The molecule has 1 aromatic rings. The molecule has 0 unspecified atom stereocenters. The monoisotopic (exact) mass is 275 g/mol. The van der Waals surface area contributed by atoms with Gasteiger partial charge in [-0.15, -0.1) is 0 Å². The molecular weight excluding hydrogens is 262 g/mol. The number of nitrogens with zero attached hydrogens (tertiary/aromatic N) is 1. The highest BCUT2D eigenvalue weighted by Gasteiger charge is 2.15. The van der Waals surface area contributed by atoms with Crippen molar-refractivity contribution >= 4 is 11.8 Å². The van der Waals surface area contributed by atoms with E-state index in [1.54, 1.807) is 24.3 Å². The van der Waals surface area contributed by atoms with Gasteiger partial charge in [0.2, 0.25) is 12.7 Å². The van der Waals surface area contributed by atoms with Gasteiger partial charge in [0.25, 0.3) is 5.91 Å². The number of fused-ring (bicyclic) bond motifs is 1. The molecule has 1 aliphatic rings. The molecule has 7 heteroatoms. The van der Waals surface area contributed by atoms with Gasteiger partial charge in [-0.2, -0.15) is 5.26 Å². The van der Waals surface area contributed by atoms with Gasteiger partial charge in [-0.1, -0.05) is 0 Å². The highest BCUT2D eigenvalue weighted by Crippen LogP contribution is 2.32. The largest absolute Gasteiger partial charge is 0.454 e. The van der Waals surface area contributed by atoms with Gasteiger partial charge in [-0.3, -0.25) is 9.59 Å². The topological polar surface area (TPSA) is 100 Å². The van der Waals surface area contributed by atoms with Crippen molar-refractivity contribution in [2.75, 3.05) is 19.9 Å². The van der Waals surface area contributed by atoms with E-state index in [0.717, 1.165) is 0 Å². The summed E-state index contributed by atoms with van der Waals surface area (Å²) in [7, 11) is 0. The maximum absolute atomic E-state index is 11.8. The number of hydrogen-bond donors (Lipinski definition) is 2. The van der Waals surface area contributed by atoms with Crippen molar-refractivity contribution in [1.82, 2.24) is 10.6 Å². The van der Waals surface area contributed by atoms with E-state index in [1.807, 2.05) is 0 Å². The van der Waals surface area contributed by atoms with Gasteiger partial charge in [0, 0.05) is 18.7 Å². The zero-order chi connectivity index (χ0) is 14.4. The van der Waals surface area contributed by atoms with E-state index in [4.69, 9.17) is 14.7 Å². The molecule has 0 radical (unpaired) electrons. The van der Waals surface area contributed by atoms with E-state index in [0.29, 0.717) is 17.1 Å². The van der Waals surface area contributed by atoms with Crippen LogP contribution in [0.4, 0.5) is 0 Å². The first kappa shape index (κ1) is 13.7. The summed E-state index contributed by atoms with van der Waals surface area (Å²) in [5.74, 6) is 0.535. The van der Waals surface area contributed by atoms with Gasteiger partial charge in [0.05, 0.1) is 6.07 Å². The van der Waals surface area contributed by atoms with Crippen molar-refractivity contribution in [3.63, 3.8) is 0 Å². The molecule has 2 rings (SSSR count). The lowest BCUT2D eigenvalue weighted by atomic mass is 10.2. The summed E-state index contributed by atoms with van der Waals surface area (Å²) in [6, 6.07) is 6.65. The number of carbonyl (C=O) groups is 2. The Kier molecular flexibility index (Phi) is 4.39. The Morgan fingerprint density at radius 2 is 1.95 bits per heavy atom. The standard InChI is InChI=1S/C13H13N3O4/c14-4-3-12(17)15-5-6-16-13(18)9-1-2-10-11(7-9)20-8-19-10/h1-2,7H,3,5-6,8H2,(H,15,17)(H,16,18). The molecule has 0 saturated heterocycles. The van der Waals surface area contributed by atoms with Gasteiger partial charge in [0.1, 0.15) is 6.42 Å². The Morgan fingerprint density at radius 1 is 1.20 bits per heavy atom. The highest BCUT2D eigenvalue weighted by molar-refractivity contribution is 5.94. The van der Waals surface area contributed by atoms with Crippen molar-refractivity contribution in [2.24, 2.45) is 0 Å². The number of amides is 2. The van der Waals surface area contributed by atoms with E-state index < -0.39 is 0 Å². The molecule has 0 saturated carbocycles. The average Bonchev–Trinajstić information content (AvgIpc) is 2.91. The number of benzene rings is 1. The first-order valence-electron chi connectivity index (χ1n) is 6.02. The second-order valence-electron chi connectivity index (χ2n) is 4.01. The first-order valence-corrected chi connectivity index (χ1v) is 6.02. The minimum Gasteiger partial charge on any atom is -0.454 e. The molecule has 2 amide bonds. The number of nitrogens with one attached hydrogen (secondary N) is 2. The highest BCUT2D eigenvalue weighted by atomic mass is 16.7. The molecule has 2 N–H and O–H groups in total. The average molecular weight is 275 g/mol. The molecule has 0 atom stereocenters. The molecule has 20 heavy (non-hydrogen) atoms. The molecule has 0 fully saturated rings. The minimum absolute atomic E-state index is 0.158. The zero-order valence-corrected chi connectivity index (χ0v) is 10.6. The van der Waals surface area contributed by atoms with E-state index >= 15 is 0 Å². The Morgan fingerprint density at radius 3 is 2.75 bits per heavy atom. The zero-order valence-electron chi connectivity index (χ0n) is 10.6. The second kappa shape index (κ2) is 6.43. The smallest absolute Gasteiger partial charge is 0.251 e. The minimum atomic E-state index is -0.357. The molecule has 1 heterocycles. The van der Waals surface area contributed by atoms with Crippen LogP contribution >= 0.6 is 0 Å². The molecule has 0 aromatic heterocycles. The number of rotatable bonds is 5. The van der Waals surface area contributed by atoms with Gasteiger partial charge >= 0.3 is 0 Å². The van der Waals surface area contributed by atoms with Crippen molar-refractivity contribution in [3.05, 3.63) is 23.8 Å². The van der Waals surface area contributed by atoms with Crippen LogP contribution < -0.4 is 20.1 Å². The second-order valence-corrected chi connectivity index (χ2v) is 4.01. The molecule has 1 aliphatic heterocycles. The van der Waals surface area contributed by atoms with Crippen LogP contribution in [0.2, 0.25) is 0 Å². The van der Waals surface area contributed by atoms with Crippen LogP contribution in [0.25, 0.3) is 0 Å². The van der Waals surface area contributed by atoms with Crippen LogP contribution in [0.5, 0.6) is 11.5 Å². The summed E-state index contributed by atoms with van der Waals surface area (Å²) < 4.78 is 10.3. The lowest BCUT2D eigenvalue weighted by molar-refractivity contribution is -0.120. The van der Waals surface area contributed by atoms with Gasteiger partial charge in [-0.05, 0) is 18.2 Å². The number of hydrogen-bond acceptors (Lipinski definition) is 5. The van der Waals surface area contributed by atoms with Crippen molar-refractivity contribution in [1.29, 1.82) is 5.26 Å². The Hall–Kier alpha value is -2.75. The summed E-state index contributed by atoms with van der Waals surface area (Å²) in [5.41, 5.74) is 0.456. The predicted molar refractivity (Wildman–Crippen MR) is 68.1 cm³/mol. The maximum atomic E-state index is 11.8. The van der Waals surface area contributed by atoms with Crippen molar-refractivity contribution < 1.29 is 19.1 Å². The molecule has 0 aliphatic carbocycles. The third kappa shape index (κ3) is 3.38. The third-order valence-electron chi connectivity index (χ3n) is 2.61. The lowest BCUT2D eigenvalue weighted by Crippen LogP contribution is -2.34. The first-order chi connectivity index (χ1) is 9.70. The molecule has 104 valence electrons. The van der Waals surface area contributed by atoms with Crippen molar-refractivity contribution in [2.45, 2.75) is 6.42 Å². The van der Waals surface area contributed by atoms with Gasteiger partial charge in [-0.25, -0.2) is 0 Å². The Balaban J connectivity index is 1.78. The third-order valence-corrected chi connectivity index (χ3v) is 2.61. The summed E-state index contributed by atoms with van der Waals surface area (Å²) in [5, 5.41) is 13.5. The number of carbonyl (C=O) groups excluding carboxylic acids is 2. The van der Waals surface area contributed by atoms with Crippen molar-refractivity contribution in [3.8, 4) is 17.6 Å². The van der Waals surface area contributed by atoms with Crippen LogP contribution in [0.3, 0.4) is 0 Å². The van der Waals surface area contributed by atoms with Crippen LogP contribution in [0.1, 0.15) is 16.8 Å². The summed E-state index contributed by atoms with van der Waals surface area (Å²) in [6.07, 6.45) is -0.184. The summed E-state index contributed by atoms with van der Waals surface area (Å²) in [6.45, 7) is 0.715. The van der Waals surface area contributed by atoms with Crippen LogP contribution in [-0.4, -0.2) is 31.7 Å². The lowest BCUT2D eigenvalue weighted by Gasteiger charge is -2.06. The van der Waals surface area contributed by atoms with E-state index in [2.05, 4.69) is 10.6 Å². The fourth-order valence-corrected chi connectivity index (χ4v) is 1.65. The Bertz CT molecular complexity index is 565. The SMILES string of the molecule is N#CCC(=O)NCCNC(=O)c1ccc2c(c1)OCO2. The van der Waals surface area contributed by atoms with E-state index in [9.17, 15) is 9.59 Å². The van der Waals surface area contributed by atoms with Gasteiger partial charge < -0.3 is 20.1 Å². The quantitative estimate of drug-likeness (QED) is 0.746. The molecule has 0 spiro atoms. The Labute approximate surface area is 115 Å². The predicted octanol–water partition coefficient (Wildman–Crippen LogP) is 0.175. The normalized spacial score (nSPS) is 11.6. The number of ether oxygens (including phenoxy) is 2. The summed E-state index contributed by atoms with van der Waals surface area (Å²) in [4.78, 5) is 22.9.